The van der Waals surface area contributed by atoms with Crippen LogP contribution >= 0.6 is 11.6 Å². The Labute approximate surface area is 159 Å². The van der Waals surface area contributed by atoms with Gasteiger partial charge in [-0.05, 0) is 30.7 Å². The van der Waals surface area contributed by atoms with E-state index in [4.69, 9.17) is 21.1 Å². The molecule has 0 radical (unpaired) electrons. The summed E-state index contributed by atoms with van der Waals surface area (Å²) in [5, 5.41) is 24.5. The first-order valence-electron chi connectivity index (χ1n) is 7.75. The van der Waals surface area contributed by atoms with Crippen LogP contribution in [-0.4, -0.2) is 35.4 Å². The highest BCUT2D eigenvalue weighted by molar-refractivity contribution is 6.32. The number of nitro groups is 1. The number of benzene rings is 2. The van der Waals surface area contributed by atoms with Crippen molar-refractivity contribution in [2.45, 2.75) is 6.92 Å². The maximum atomic E-state index is 11.8. The Morgan fingerprint density at radius 1 is 1.33 bits per heavy atom. The van der Waals surface area contributed by atoms with E-state index in [1.54, 1.807) is 13.0 Å². The molecule has 2 rings (SSSR count). The molecule has 0 saturated heterocycles. The number of ether oxygens (including phenoxy) is 2. The van der Waals surface area contributed by atoms with Gasteiger partial charge >= 0.3 is 5.69 Å². The van der Waals surface area contributed by atoms with Crippen LogP contribution < -0.4 is 14.9 Å². The maximum absolute atomic E-state index is 11.8. The zero-order valence-electron chi connectivity index (χ0n) is 14.2. The van der Waals surface area contributed by atoms with Crippen molar-refractivity contribution in [3.63, 3.8) is 0 Å². The number of hydrogen-bond donors (Lipinski definition) is 2. The maximum Gasteiger partial charge on any atom is 0.310 e. The molecule has 142 valence electrons. The first-order valence-corrected chi connectivity index (χ1v) is 8.13. The molecule has 0 spiro atoms. The minimum absolute atomic E-state index is 0.0201. The third-order valence-electron chi connectivity index (χ3n) is 3.17. The van der Waals surface area contributed by atoms with Crippen molar-refractivity contribution >= 4 is 29.4 Å². The number of nitro benzene ring substituents is 1. The Kier molecular flexibility index (Phi) is 6.95. The normalized spacial score (nSPS) is 10.6. The molecule has 0 atom stereocenters. The molecule has 0 bridgehead atoms. The molecule has 0 unspecified atom stereocenters. The van der Waals surface area contributed by atoms with Gasteiger partial charge in [0.2, 0.25) is 0 Å². The van der Waals surface area contributed by atoms with Gasteiger partial charge in [0.1, 0.15) is 0 Å². The van der Waals surface area contributed by atoms with Crippen LogP contribution in [-0.2, 0) is 4.79 Å². The quantitative estimate of drug-likeness (QED) is 0.404. The van der Waals surface area contributed by atoms with E-state index in [0.29, 0.717) is 12.2 Å². The fraction of sp³-hybridized carbons (Fsp3) is 0.176. The molecule has 0 aliphatic heterocycles. The van der Waals surface area contributed by atoms with E-state index in [2.05, 4.69) is 10.5 Å². The predicted molar refractivity (Wildman–Crippen MR) is 98.6 cm³/mol. The number of nitrogens with zero attached hydrogens (tertiary/aromatic N) is 2. The van der Waals surface area contributed by atoms with Gasteiger partial charge in [-0.25, -0.2) is 5.43 Å². The zero-order chi connectivity index (χ0) is 19.8. The molecule has 2 aromatic rings. The Balaban J connectivity index is 1.95. The highest BCUT2D eigenvalue weighted by atomic mass is 35.5. The van der Waals surface area contributed by atoms with Gasteiger partial charge in [0, 0.05) is 6.07 Å². The van der Waals surface area contributed by atoms with Crippen molar-refractivity contribution in [1.82, 2.24) is 5.43 Å². The van der Waals surface area contributed by atoms with Crippen molar-refractivity contribution in [3.05, 3.63) is 57.1 Å². The standard InChI is InChI=1S/C17H16ClN3O6/c1-2-26-15-8-11(7-12(18)17(15)23)9-19-20-16(22)10-27-14-6-4-3-5-13(14)21(24)25/h3-9,23H,2,10H2,1H3,(H,20,22). The Bertz CT molecular complexity index is 872. The highest BCUT2D eigenvalue weighted by Crippen LogP contribution is 2.34. The van der Waals surface area contributed by atoms with Gasteiger partial charge < -0.3 is 14.6 Å². The Morgan fingerprint density at radius 3 is 2.78 bits per heavy atom. The molecule has 10 heteroatoms. The molecule has 0 aromatic heterocycles. The summed E-state index contributed by atoms with van der Waals surface area (Å²) < 4.78 is 10.4. The van der Waals surface area contributed by atoms with Crippen LogP contribution in [0.4, 0.5) is 5.69 Å². The third-order valence-corrected chi connectivity index (χ3v) is 3.46. The van der Waals surface area contributed by atoms with Crippen molar-refractivity contribution < 1.29 is 24.3 Å². The molecule has 0 aliphatic rings. The monoisotopic (exact) mass is 393 g/mol. The van der Waals surface area contributed by atoms with Gasteiger partial charge in [-0.2, -0.15) is 5.10 Å². The van der Waals surface area contributed by atoms with Crippen LogP contribution in [0.2, 0.25) is 5.02 Å². The van der Waals surface area contributed by atoms with Gasteiger partial charge in [-0.1, -0.05) is 23.7 Å². The summed E-state index contributed by atoms with van der Waals surface area (Å²) in [7, 11) is 0. The predicted octanol–water partition coefficient (Wildman–Crippen LogP) is 2.88. The molecule has 0 heterocycles. The van der Waals surface area contributed by atoms with Crippen molar-refractivity contribution in [2.24, 2.45) is 5.10 Å². The molecule has 0 fully saturated rings. The summed E-state index contributed by atoms with van der Waals surface area (Å²) >= 11 is 5.90. The van der Waals surface area contributed by atoms with E-state index in [9.17, 15) is 20.0 Å². The molecule has 2 N–H and O–H groups in total. The molecule has 0 saturated carbocycles. The largest absolute Gasteiger partial charge is 0.503 e. The number of para-hydroxylation sites is 2. The number of phenols is 1. The smallest absolute Gasteiger partial charge is 0.310 e. The van der Waals surface area contributed by atoms with E-state index in [1.807, 2.05) is 0 Å². The number of aromatic hydroxyl groups is 1. The minimum atomic E-state index is -0.612. The van der Waals surface area contributed by atoms with E-state index >= 15 is 0 Å². The number of halogens is 1. The second-order valence-corrected chi connectivity index (χ2v) is 5.50. The molecule has 9 nitrogen and oxygen atoms in total. The fourth-order valence-electron chi connectivity index (χ4n) is 2.02. The van der Waals surface area contributed by atoms with Crippen LogP contribution in [0.5, 0.6) is 17.2 Å². The van der Waals surface area contributed by atoms with Crippen molar-refractivity contribution in [3.8, 4) is 17.2 Å². The summed E-state index contributed by atoms with van der Waals surface area (Å²) in [6.07, 6.45) is 1.30. The number of nitrogens with one attached hydrogen (secondary N) is 1. The first-order chi connectivity index (χ1) is 12.9. The van der Waals surface area contributed by atoms with Gasteiger partial charge in [0.05, 0.1) is 22.8 Å². The van der Waals surface area contributed by atoms with Gasteiger partial charge in [0.15, 0.2) is 23.9 Å². The summed E-state index contributed by atoms with van der Waals surface area (Å²) in [5.74, 6) is -0.623. The molecule has 1 amide bonds. The number of carbonyl (C=O) groups is 1. The summed E-state index contributed by atoms with van der Waals surface area (Å²) in [6, 6.07) is 8.67. The second-order valence-electron chi connectivity index (χ2n) is 5.09. The summed E-state index contributed by atoms with van der Waals surface area (Å²) in [6.45, 7) is 1.64. The van der Waals surface area contributed by atoms with Crippen LogP contribution in [0.25, 0.3) is 0 Å². The van der Waals surface area contributed by atoms with Gasteiger partial charge in [-0.15, -0.1) is 0 Å². The molecule has 0 aliphatic carbocycles. The average Bonchev–Trinajstić information content (AvgIpc) is 2.64. The number of carbonyl (C=O) groups excluding carboxylic acids is 1. The van der Waals surface area contributed by atoms with E-state index in [-0.39, 0.29) is 28.0 Å². The fourth-order valence-corrected chi connectivity index (χ4v) is 2.24. The lowest BCUT2D eigenvalue weighted by Crippen LogP contribution is -2.24. The molecule has 27 heavy (non-hydrogen) atoms. The lowest BCUT2D eigenvalue weighted by atomic mass is 10.2. The van der Waals surface area contributed by atoms with Crippen molar-refractivity contribution in [1.29, 1.82) is 0 Å². The topological polar surface area (TPSA) is 123 Å². The van der Waals surface area contributed by atoms with Gasteiger partial charge in [-0.3, -0.25) is 14.9 Å². The average molecular weight is 394 g/mol. The third kappa shape index (κ3) is 5.58. The second kappa shape index (κ2) is 9.39. The lowest BCUT2D eigenvalue weighted by Gasteiger charge is -2.08. The van der Waals surface area contributed by atoms with Crippen LogP contribution in [0, 0.1) is 10.1 Å². The minimum Gasteiger partial charge on any atom is -0.503 e. The molecular formula is C17H16ClN3O6. The Morgan fingerprint density at radius 2 is 2.07 bits per heavy atom. The molecule has 2 aromatic carbocycles. The van der Waals surface area contributed by atoms with Gasteiger partial charge in [0.25, 0.3) is 5.91 Å². The number of rotatable bonds is 8. The SMILES string of the molecule is CCOc1cc(C=NNC(=O)COc2ccccc2[N+](=O)[O-])cc(Cl)c1O. The number of hydrogen-bond acceptors (Lipinski definition) is 7. The van der Waals surface area contributed by atoms with Crippen LogP contribution in [0.1, 0.15) is 12.5 Å². The zero-order valence-corrected chi connectivity index (χ0v) is 15.0. The number of hydrazone groups is 1. The molecular weight excluding hydrogens is 378 g/mol. The lowest BCUT2D eigenvalue weighted by molar-refractivity contribution is -0.385. The van der Waals surface area contributed by atoms with E-state index in [1.165, 1.54) is 36.5 Å². The van der Waals surface area contributed by atoms with E-state index < -0.39 is 17.4 Å². The van der Waals surface area contributed by atoms with E-state index in [0.717, 1.165) is 0 Å². The first kappa shape index (κ1) is 20.0. The number of phenolic OH excluding ortho intramolecular Hbond substituents is 1. The van der Waals surface area contributed by atoms with Crippen LogP contribution in [0.15, 0.2) is 41.5 Å². The summed E-state index contributed by atoms with van der Waals surface area (Å²) in [5.41, 5.74) is 2.47. The van der Waals surface area contributed by atoms with Crippen LogP contribution in [0.3, 0.4) is 0 Å². The summed E-state index contributed by atoms with van der Waals surface area (Å²) in [4.78, 5) is 22.0. The van der Waals surface area contributed by atoms with Crippen molar-refractivity contribution in [2.75, 3.05) is 13.2 Å². The number of amides is 1. The Hall–Kier alpha value is -3.33. The highest BCUT2D eigenvalue weighted by Gasteiger charge is 2.14.